The minimum Gasteiger partial charge on any atom is -0.0622 e. The molecule has 6 aromatic carbocycles. The summed E-state index contributed by atoms with van der Waals surface area (Å²) < 4.78 is 0. The zero-order chi connectivity index (χ0) is 29.6. The third kappa shape index (κ3) is 6.45. The van der Waals surface area contributed by atoms with Crippen molar-refractivity contribution in [1.82, 2.24) is 0 Å². The molecule has 0 nitrogen and oxygen atoms in total. The summed E-state index contributed by atoms with van der Waals surface area (Å²) in [5, 5.41) is 0. The standard InChI is InChI=1S/C35H32.C7H8/c1-23-14-15-25(3)33(20-23)31-12-8-9-13-32(31)35-22-29(19-17-27(35)5)28-18-16-26(4)34(21-28)30-11-7-6-10-24(30)2;1-7-5-3-2-4-6-7/h6-22H,1-5H3;2-6H,1H3. The Morgan fingerprint density at radius 3 is 1.17 bits per heavy atom. The van der Waals surface area contributed by atoms with Crippen molar-refractivity contribution in [2.75, 3.05) is 0 Å². The average molecular weight is 545 g/mol. The minimum atomic E-state index is 1.25. The predicted octanol–water partition coefficient (Wildman–Crippen LogP) is 11.9. The third-order valence-corrected chi connectivity index (χ3v) is 8.08. The first-order chi connectivity index (χ1) is 20.3. The molecular formula is C42H40. The minimum absolute atomic E-state index is 1.25. The van der Waals surface area contributed by atoms with Crippen molar-refractivity contribution in [2.24, 2.45) is 0 Å². The highest BCUT2D eigenvalue weighted by molar-refractivity contribution is 5.88. The highest BCUT2D eigenvalue weighted by Crippen LogP contribution is 2.38. The summed E-state index contributed by atoms with van der Waals surface area (Å²) in [5.41, 5.74) is 18.1. The predicted molar refractivity (Wildman–Crippen MR) is 183 cm³/mol. The smallest absolute Gasteiger partial charge is 0.0102 e. The van der Waals surface area contributed by atoms with Crippen molar-refractivity contribution in [3.63, 3.8) is 0 Å². The van der Waals surface area contributed by atoms with Crippen LogP contribution < -0.4 is 0 Å². The Morgan fingerprint density at radius 1 is 0.262 bits per heavy atom. The SMILES string of the molecule is Cc1ccc(C)c(-c2ccccc2-c2cc(-c3ccc(C)c(-c4ccccc4C)c3)ccc2C)c1.Cc1ccccc1. The van der Waals surface area contributed by atoms with Gasteiger partial charge in [0.25, 0.3) is 0 Å². The summed E-state index contributed by atoms with van der Waals surface area (Å²) in [5.74, 6) is 0. The van der Waals surface area contributed by atoms with Gasteiger partial charge < -0.3 is 0 Å². The van der Waals surface area contributed by atoms with Crippen molar-refractivity contribution in [1.29, 1.82) is 0 Å². The van der Waals surface area contributed by atoms with Gasteiger partial charge in [-0.05, 0) is 120 Å². The van der Waals surface area contributed by atoms with Gasteiger partial charge in [-0.1, -0.05) is 132 Å². The van der Waals surface area contributed by atoms with E-state index in [-0.39, 0.29) is 0 Å². The molecule has 0 atom stereocenters. The summed E-state index contributed by atoms with van der Waals surface area (Å²) in [6.07, 6.45) is 0. The number of benzene rings is 6. The lowest BCUT2D eigenvalue weighted by atomic mass is 9.87. The van der Waals surface area contributed by atoms with E-state index in [0.717, 1.165) is 0 Å². The summed E-state index contributed by atoms with van der Waals surface area (Å²) in [6, 6.07) is 48.2. The van der Waals surface area contributed by atoms with Gasteiger partial charge in [0.15, 0.2) is 0 Å². The average Bonchev–Trinajstić information content (AvgIpc) is 3.00. The molecule has 0 radical (unpaired) electrons. The van der Waals surface area contributed by atoms with Gasteiger partial charge in [-0.2, -0.15) is 0 Å². The summed E-state index contributed by atoms with van der Waals surface area (Å²) in [7, 11) is 0. The van der Waals surface area contributed by atoms with E-state index >= 15 is 0 Å². The summed E-state index contributed by atoms with van der Waals surface area (Å²) in [4.78, 5) is 0. The molecule has 208 valence electrons. The highest BCUT2D eigenvalue weighted by Gasteiger charge is 2.14. The number of rotatable bonds is 4. The molecule has 0 aliphatic carbocycles. The van der Waals surface area contributed by atoms with Gasteiger partial charge >= 0.3 is 0 Å². The van der Waals surface area contributed by atoms with Crippen LogP contribution in [-0.4, -0.2) is 0 Å². The van der Waals surface area contributed by atoms with Crippen molar-refractivity contribution in [2.45, 2.75) is 41.5 Å². The lowest BCUT2D eigenvalue weighted by Gasteiger charge is -2.17. The van der Waals surface area contributed by atoms with Crippen LogP contribution in [0.15, 0.2) is 133 Å². The Balaban J connectivity index is 0.000000442. The van der Waals surface area contributed by atoms with Crippen molar-refractivity contribution < 1.29 is 0 Å². The van der Waals surface area contributed by atoms with Crippen LogP contribution in [0, 0.1) is 41.5 Å². The van der Waals surface area contributed by atoms with Crippen LogP contribution in [0.25, 0.3) is 44.5 Å². The molecule has 0 fully saturated rings. The Bertz CT molecular complexity index is 1820. The lowest BCUT2D eigenvalue weighted by molar-refractivity contribution is 1.38. The van der Waals surface area contributed by atoms with Crippen LogP contribution in [0.2, 0.25) is 0 Å². The van der Waals surface area contributed by atoms with Crippen molar-refractivity contribution in [3.8, 4) is 44.5 Å². The Kier molecular flexibility index (Phi) is 8.84. The molecule has 0 bridgehead atoms. The van der Waals surface area contributed by atoms with Crippen LogP contribution in [-0.2, 0) is 0 Å². The normalized spacial score (nSPS) is 10.6. The van der Waals surface area contributed by atoms with E-state index in [4.69, 9.17) is 0 Å². The fourth-order valence-corrected chi connectivity index (χ4v) is 5.57. The molecule has 0 saturated carbocycles. The van der Waals surface area contributed by atoms with Gasteiger partial charge in [-0.25, -0.2) is 0 Å². The highest BCUT2D eigenvalue weighted by atomic mass is 14.2. The van der Waals surface area contributed by atoms with Gasteiger partial charge in [-0.3, -0.25) is 0 Å². The Morgan fingerprint density at radius 2 is 0.667 bits per heavy atom. The maximum atomic E-state index is 2.37. The van der Waals surface area contributed by atoms with Crippen LogP contribution in [0.3, 0.4) is 0 Å². The Hall–Kier alpha value is -4.68. The lowest BCUT2D eigenvalue weighted by Crippen LogP contribution is -1.92. The summed E-state index contributed by atoms with van der Waals surface area (Å²) in [6.45, 7) is 13.1. The Labute approximate surface area is 252 Å². The molecule has 0 aromatic heterocycles. The zero-order valence-electron chi connectivity index (χ0n) is 25.7. The van der Waals surface area contributed by atoms with Gasteiger partial charge in [-0.15, -0.1) is 0 Å². The molecule has 0 unspecified atom stereocenters. The van der Waals surface area contributed by atoms with E-state index in [1.165, 1.54) is 77.9 Å². The third-order valence-electron chi connectivity index (χ3n) is 8.08. The molecule has 0 aliphatic rings. The molecule has 0 amide bonds. The van der Waals surface area contributed by atoms with Crippen molar-refractivity contribution >= 4 is 0 Å². The molecule has 0 spiro atoms. The molecule has 6 rings (SSSR count). The van der Waals surface area contributed by atoms with E-state index in [2.05, 4.69) is 157 Å². The number of hydrogen-bond acceptors (Lipinski definition) is 0. The van der Waals surface area contributed by atoms with Crippen LogP contribution in [0.1, 0.15) is 33.4 Å². The largest absolute Gasteiger partial charge is 0.0622 e. The van der Waals surface area contributed by atoms with Crippen molar-refractivity contribution in [3.05, 3.63) is 167 Å². The molecular weight excluding hydrogens is 504 g/mol. The fourth-order valence-electron chi connectivity index (χ4n) is 5.57. The van der Waals surface area contributed by atoms with Gasteiger partial charge in [0.1, 0.15) is 0 Å². The molecule has 42 heavy (non-hydrogen) atoms. The van der Waals surface area contributed by atoms with E-state index < -0.39 is 0 Å². The van der Waals surface area contributed by atoms with Crippen LogP contribution in [0.5, 0.6) is 0 Å². The molecule has 6 aromatic rings. The molecule has 0 aliphatic heterocycles. The molecule has 0 heterocycles. The first-order valence-corrected chi connectivity index (χ1v) is 14.8. The number of hydrogen-bond donors (Lipinski definition) is 0. The van der Waals surface area contributed by atoms with Gasteiger partial charge in [0, 0.05) is 0 Å². The fraction of sp³-hybridized carbons (Fsp3) is 0.143. The van der Waals surface area contributed by atoms with Crippen LogP contribution >= 0.6 is 0 Å². The first-order valence-electron chi connectivity index (χ1n) is 14.8. The molecule has 0 heteroatoms. The maximum absolute atomic E-state index is 2.37. The zero-order valence-corrected chi connectivity index (χ0v) is 25.7. The maximum Gasteiger partial charge on any atom is -0.0102 e. The molecule has 0 saturated heterocycles. The van der Waals surface area contributed by atoms with E-state index in [1.54, 1.807) is 0 Å². The van der Waals surface area contributed by atoms with E-state index in [9.17, 15) is 0 Å². The topological polar surface area (TPSA) is 0 Å². The van der Waals surface area contributed by atoms with E-state index in [0.29, 0.717) is 0 Å². The van der Waals surface area contributed by atoms with Gasteiger partial charge in [0.2, 0.25) is 0 Å². The molecule has 0 N–H and O–H groups in total. The number of aryl methyl sites for hydroxylation is 6. The second-order valence-electron chi connectivity index (χ2n) is 11.4. The second-order valence-corrected chi connectivity index (χ2v) is 11.4. The quantitative estimate of drug-likeness (QED) is 0.207. The second kappa shape index (κ2) is 12.9. The first kappa shape index (κ1) is 28.8. The van der Waals surface area contributed by atoms with Crippen LogP contribution in [0.4, 0.5) is 0 Å². The van der Waals surface area contributed by atoms with Gasteiger partial charge in [0.05, 0.1) is 0 Å². The summed E-state index contributed by atoms with van der Waals surface area (Å²) >= 11 is 0. The monoisotopic (exact) mass is 544 g/mol. The van der Waals surface area contributed by atoms with E-state index in [1.807, 2.05) is 18.2 Å².